The molecule has 1 N–H and O–H groups in total. The molecule has 21 heavy (non-hydrogen) atoms. The predicted octanol–water partition coefficient (Wildman–Crippen LogP) is 1.62. The van der Waals surface area contributed by atoms with Gasteiger partial charge in [-0.05, 0) is 25.1 Å². The third-order valence-electron chi connectivity index (χ3n) is 2.83. The fourth-order valence-corrected chi connectivity index (χ4v) is 3.65. The maximum atomic E-state index is 12.4. The molecule has 1 aromatic heterocycles. The predicted molar refractivity (Wildman–Crippen MR) is 75.0 cm³/mol. The van der Waals surface area contributed by atoms with Crippen molar-refractivity contribution in [3.8, 4) is 0 Å². The summed E-state index contributed by atoms with van der Waals surface area (Å²) >= 11 is 5.88. The molecule has 0 atom stereocenters. The number of hydrogen-bond donors (Lipinski definition) is 1. The van der Waals surface area contributed by atoms with Crippen molar-refractivity contribution in [1.29, 1.82) is 0 Å². The molecule has 0 radical (unpaired) electrons. The van der Waals surface area contributed by atoms with E-state index in [1.165, 1.54) is 23.1 Å². The van der Waals surface area contributed by atoms with Crippen LogP contribution in [0.4, 0.5) is 0 Å². The first-order valence-corrected chi connectivity index (χ1v) is 8.00. The summed E-state index contributed by atoms with van der Waals surface area (Å²) in [6.07, 6.45) is 1.27. The number of rotatable bonds is 5. The lowest BCUT2D eigenvalue weighted by molar-refractivity contribution is 0.0696. The number of aryl methyl sites for hydroxylation is 1. The summed E-state index contributed by atoms with van der Waals surface area (Å²) < 4.78 is 26.3. The number of sulfone groups is 1. The first-order chi connectivity index (χ1) is 9.85. The summed E-state index contributed by atoms with van der Waals surface area (Å²) in [5, 5.41) is 12.8. The van der Waals surface area contributed by atoms with Crippen molar-refractivity contribution in [3.05, 3.63) is 40.9 Å². The van der Waals surface area contributed by atoms with E-state index < -0.39 is 21.6 Å². The molecule has 1 heterocycles. The topological polar surface area (TPSA) is 102 Å². The molecular formula is C12H12ClN3O4S. The maximum absolute atomic E-state index is 12.4. The zero-order valence-corrected chi connectivity index (χ0v) is 12.6. The number of carbonyl (C=O) groups is 1. The molecule has 2 rings (SSSR count). The third-order valence-corrected chi connectivity index (χ3v) is 4.92. The standard InChI is InChI=1S/C12H12ClN3O4S/c1-2-16-11(14-7-15-16)6-21(19,20)10-5-8(12(17)18)3-4-9(10)13/h3-5,7H,2,6H2,1H3,(H,17,18). The minimum atomic E-state index is -3.82. The van der Waals surface area contributed by atoms with E-state index in [9.17, 15) is 13.2 Å². The van der Waals surface area contributed by atoms with Crippen LogP contribution in [0.3, 0.4) is 0 Å². The van der Waals surface area contributed by atoms with Gasteiger partial charge in [0.25, 0.3) is 0 Å². The van der Waals surface area contributed by atoms with E-state index in [4.69, 9.17) is 16.7 Å². The van der Waals surface area contributed by atoms with E-state index in [2.05, 4.69) is 10.1 Å². The number of benzene rings is 1. The van der Waals surface area contributed by atoms with Crippen molar-refractivity contribution in [1.82, 2.24) is 14.8 Å². The molecule has 0 saturated heterocycles. The van der Waals surface area contributed by atoms with Gasteiger partial charge in [0.15, 0.2) is 9.84 Å². The molecule has 2 aromatic rings. The van der Waals surface area contributed by atoms with Crippen molar-refractivity contribution >= 4 is 27.4 Å². The fourth-order valence-electron chi connectivity index (χ4n) is 1.79. The van der Waals surface area contributed by atoms with Crippen LogP contribution < -0.4 is 0 Å². The Bertz CT molecular complexity index is 786. The molecule has 9 heteroatoms. The minimum Gasteiger partial charge on any atom is -0.478 e. The molecule has 0 aliphatic heterocycles. The van der Waals surface area contributed by atoms with Crippen LogP contribution >= 0.6 is 11.6 Å². The Kier molecular flexibility index (Phi) is 4.29. The van der Waals surface area contributed by atoms with Gasteiger partial charge in [0, 0.05) is 6.54 Å². The molecule has 0 fully saturated rings. The van der Waals surface area contributed by atoms with Crippen LogP contribution in [-0.2, 0) is 22.1 Å². The van der Waals surface area contributed by atoms with Crippen LogP contribution in [0.1, 0.15) is 23.1 Å². The van der Waals surface area contributed by atoms with Crippen molar-refractivity contribution < 1.29 is 18.3 Å². The second-order valence-electron chi connectivity index (χ2n) is 4.20. The highest BCUT2D eigenvalue weighted by molar-refractivity contribution is 7.90. The van der Waals surface area contributed by atoms with E-state index in [1.54, 1.807) is 0 Å². The van der Waals surface area contributed by atoms with Crippen LogP contribution in [0.25, 0.3) is 0 Å². The number of aromatic carboxylic acids is 1. The highest BCUT2D eigenvalue weighted by Gasteiger charge is 2.23. The minimum absolute atomic E-state index is 0.0254. The summed E-state index contributed by atoms with van der Waals surface area (Å²) in [5.74, 6) is -1.35. The van der Waals surface area contributed by atoms with Gasteiger partial charge in [-0.1, -0.05) is 11.6 Å². The van der Waals surface area contributed by atoms with Gasteiger partial charge in [-0.2, -0.15) is 5.10 Å². The van der Waals surface area contributed by atoms with Crippen LogP contribution in [0.5, 0.6) is 0 Å². The summed E-state index contributed by atoms with van der Waals surface area (Å²) in [7, 11) is -3.82. The largest absolute Gasteiger partial charge is 0.478 e. The smallest absolute Gasteiger partial charge is 0.335 e. The zero-order valence-electron chi connectivity index (χ0n) is 11.0. The Labute approximate surface area is 126 Å². The van der Waals surface area contributed by atoms with Gasteiger partial charge in [-0.25, -0.2) is 22.9 Å². The van der Waals surface area contributed by atoms with Crippen molar-refractivity contribution in [2.75, 3.05) is 0 Å². The highest BCUT2D eigenvalue weighted by Crippen LogP contribution is 2.25. The third kappa shape index (κ3) is 3.22. The molecule has 0 saturated carbocycles. The number of nitrogens with zero attached hydrogens (tertiary/aromatic N) is 3. The van der Waals surface area contributed by atoms with Gasteiger partial charge in [0.1, 0.15) is 17.9 Å². The number of halogens is 1. The van der Waals surface area contributed by atoms with E-state index >= 15 is 0 Å². The summed E-state index contributed by atoms with van der Waals surface area (Å²) in [6, 6.07) is 3.55. The lowest BCUT2D eigenvalue weighted by atomic mass is 10.2. The second kappa shape index (κ2) is 5.82. The summed E-state index contributed by atoms with van der Waals surface area (Å²) in [5.41, 5.74) is -0.144. The van der Waals surface area contributed by atoms with Crippen LogP contribution in [0.15, 0.2) is 29.4 Å². The maximum Gasteiger partial charge on any atom is 0.335 e. The molecule has 112 valence electrons. The average molecular weight is 330 g/mol. The normalized spacial score (nSPS) is 11.5. The van der Waals surface area contributed by atoms with Crippen molar-refractivity contribution in [2.24, 2.45) is 0 Å². The molecule has 7 nitrogen and oxygen atoms in total. The van der Waals surface area contributed by atoms with Gasteiger partial charge < -0.3 is 5.11 Å². The van der Waals surface area contributed by atoms with Crippen LogP contribution in [0, 0.1) is 0 Å². The molecule has 1 aromatic carbocycles. The first-order valence-electron chi connectivity index (χ1n) is 5.97. The Balaban J connectivity index is 2.44. The molecule has 0 amide bonds. The van der Waals surface area contributed by atoms with Crippen LogP contribution in [0.2, 0.25) is 5.02 Å². The van der Waals surface area contributed by atoms with Gasteiger partial charge in [0.2, 0.25) is 0 Å². The number of carboxylic acid groups (broad SMARTS) is 1. The Hall–Kier alpha value is -1.93. The summed E-state index contributed by atoms with van der Waals surface area (Å²) in [6.45, 7) is 2.29. The molecule has 0 bridgehead atoms. The van der Waals surface area contributed by atoms with E-state index in [1.807, 2.05) is 6.92 Å². The molecule has 0 aliphatic rings. The van der Waals surface area contributed by atoms with E-state index in [0.717, 1.165) is 6.07 Å². The molecule has 0 unspecified atom stereocenters. The number of hydrogen-bond acceptors (Lipinski definition) is 5. The van der Waals surface area contributed by atoms with E-state index in [0.29, 0.717) is 6.54 Å². The van der Waals surface area contributed by atoms with Crippen LogP contribution in [-0.4, -0.2) is 34.3 Å². The Morgan fingerprint density at radius 2 is 2.14 bits per heavy atom. The highest BCUT2D eigenvalue weighted by atomic mass is 35.5. The quantitative estimate of drug-likeness (QED) is 0.894. The van der Waals surface area contributed by atoms with E-state index in [-0.39, 0.29) is 21.3 Å². The zero-order chi connectivity index (χ0) is 15.6. The molecule has 0 aliphatic carbocycles. The SMILES string of the molecule is CCn1ncnc1CS(=O)(=O)c1cc(C(=O)O)ccc1Cl. The van der Waals surface area contributed by atoms with Crippen molar-refractivity contribution in [2.45, 2.75) is 24.1 Å². The fraction of sp³-hybridized carbons (Fsp3) is 0.250. The second-order valence-corrected chi connectivity index (χ2v) is 6.57. The van der Waals surface area contributed by atoms with Crippen molar-refractivity contribution in [3.63, 3.8) is 0 Å². The average Bonchev–Trinajstić information content (AvgIpc) is 2.85. The lowest BCUT2D eigenvalue weighted by Crippen LogP contribution is -2.12. The first kappa shape index (κ1) is 15.5. The molecule has 0 spiro atoms. The Morgan fingerprint density at radius 1 is 1.43 bits per heavy atom. The number of aromatic nitrogens is 3. The van der Waals surface area contributed by atoms with Gasteiger partial charge in [-0.3, -0.25) is 0 Å². The molecular weight excluding hydrogens is 318 g/mol. The lowest BCUT2D eigenvalue weighted by Gasteiger charge is -2.08. The summed E-state index contributed by atoms with van der Waals surface area (Å²) in [4.78, 5) is 14.6. The van der Waals surface area contributed by atoms with Gasteiger partial charge in [-0.15, -0.1) is 0 Å². The van der Waals surface area contributed by atoms with Gasteiger partial charge in [0.05, 0.1) is 15.5 Å². The number of carboxylic acids is 1. The Morgan fingerprint density at radius 3 is 2.76 bits per heavy atom. The van der Waals surface area contributed by atoms with Gasteiger partial charge >= 0.3 is 5.97 Å². The monoisotopic (exact) mass is 329 g/mol.